The molecule has 0 unspecified atom stereocenters. The SMILES string of the molecule is CCCCN(C(=O)CCN1C(=O)[C@@H]2CC=CC[C@H]2C1=O)c1c(N)n(CCCC)c(=O)[nH]c1=O. The molecule has 1 aliphatic heterocycles. The molecule has 10 heteroatoms. The molecule has 1 aromatic heterocycles. The van der Waals surface area contributed by atoms with E-state index in [4.69, 9.17) is 5.73 Å². The Morgan fingerprint density at radius 1 is 1.03 bits per heavy atom. The number of nitrogens with one attached hydrogen (secondary N) is 1. The Morgan fingerprint density at radius 2 is 1.64 bits per heavy atom. The lowest BCUT2D eigenvalue weighted by Gasteiger charge is -2.25. The Morgan fingerprint density at radius 3 is 2.21 bits per heavy atom. The van der Waals surface area contributed by atoms with Gasteiger partial charge < -0.3 is 10.6 Å². The van der Waals surface area contributed by atoms with Crippen LogP contribution in [-0.2, 0) is 20.9 Å². The number of nitrogens with zero attached hydrogens (tertiary/aromatic N) is 3. The first-order valence-electron chi connectivity index (χ1n) is 11.7. The van der Waals surface area contributed by atoms with Crippen molar-refractivity contribution in [2.75, 3.05) is 23.7 Å². The van der Waals surface area contributed by atoms with Crippen LogP contribution in [0.3, 0.4) is 0 Å². The maximum absolute atomic E-state index is 13.2. The number of fused-ring (bicyclic) bond motifs is 1. The third kappa shape index (κ3) is 4.94. The van der Waals surface area contributed by atoms with E-state index in [1.807, 2.05) is 26.0 Å². The van der Waals surface area contributed by atoms with Crippen LogP contribution in [0.2, 0.25) is 0 Å². The first kappa shape index (κ1) is 24.5. The van der Waals surface area contributed by atoms with Crippen LogP contribution in [-0.4, -0.2) is 45.3 Å². The summed E-state index contributed by atoms with van der Waals surface area (Å²) in [6.07, 6.45) is 7.68. The van der Waals surface area contributed by atoms with Gasteiger partial charge >= 0.3 is 5.69 Å². The molecule has 1 saturated heterocycles. The molecule has 0 radical (unpaired) electrons. The van der Waals surface area contributed by atoms with E-state index in [9.17, 15) is 24.0 Å². The maximum Gasteiger partial charge on any atom is 0.330 e. The molecule has 0 saturated carbocycles. The first-order chi connectivity index (χ1) is 15.8. The maximum atomic E-state index is 13.2. The number of H-pyrrole nitrogens is 1. The minimum atomic E-state index is -0.722. The number of imide groups is 1. The summed E-state index contributed by atoms with van der Waals surface area (Å²) in [6.45, 7) is 4.45. The molecule has 0 bridgehead atoms. The van der Waals surface area contributed by atoms with Gasteiger partial charge in [-0.3, -0.25) is 33.6 Å². The number of carbonyl (C=O) groups is 3. The van der Waals surface area contributed by atoms with Crippen LogP contribution in [0.1, 0.15) is 58.8 Å². The number of amides is 3. The van der Waals surface area contributed by atoms with Crippen LogP contribution in [0.25, 0.3) is 0 Å². The second kappa shape index (κ2) is 10.6. The Labute approximate surface area is 192 Å². The fourth-order valence-corrected chi connectivity index (χ4v) is 4.49. The van der Waals surface area contributed by atoms with E-state index in [-0.39, 0.29) is 54.7 Å². The van der Waals surface area contributed by atoms with Crippen molar-refractivity contribution in [3.8, 4) is 0 Å². The molecule has 0 aromatic carbocycles. The van der Waals surface area contributed by atoms with E-state index < -0.39 is 17.2 Å². The normalized spacial score (nSPS) is 19.8. The highest BCUT2D eigenvalue weighted by Crippen LogP contribution is 2.35. The van der Waals surface area contributed by atoms with Gasteiger partial charge in [-0.15, -0.1) is 0 Å². The zero-order valence-electron chi connectivity index (χ0n) is 19.3. The summed E-state index contributed by atoms with van der Waals surface area (Å²) in [5.41, 5.74) is 4.82. The fraction of sp³-hybridized carbons (Fsp3) is 0.609. The summed E-state index contributed by atoms with van der Waals surface area (Å²) in [4.78, 5) is 68.3. The van der Waals surface area contributed by atoms with Gasteiger partial charge in [0.25, 0.3) is 5.56 Å². The van der Waals surface area contributed by atoms with Gasteiger partial charge in [-0.2, -0.15) is 0 Å². The Hall–Kier alpha value is -3.17. The molecular weight excluding hydrogens is 426 g/mol. The molecule has 10 nitrogen and oxygen atoms in total. The molecule has 33 heavy (non-hydrogen) atoms. The summed E-state index contributed by atoms with van der Waals surface area (Å²) < 4.78 is 1.28. The zero-order chi connectivity index (χ0) is 24.1. The Bertz CT molecular complexity index is 1030. The topological polar surface area (TPSA) is 139 Å². The molecule has 1 aliphatic carbocycles. The fourth-order valence-electron chi connectivity index (χ4n) is 4.49. The number of hydrogen-bond donors (Lipinski definition) is 2. The van der Waals surface area contributed by atoms with Crippen LogP contribution in [0.5, 0.6) is 0 Å². The number of allylic oxidation sites excluding steroid dienone is 2. The standard InChI is InChI=1S/C23H33N5O5/c1-3-5-12-26(18-19(24)27(13-6-4-2)23(33)25-20(18)30)17(29)11-14-28-21(31)15-9-7-8-10-16(15)22(28)32/h7-8,15-16H,3-6,9-14,24H2,1-2H3,(H,25,30,33)/t15-,16-/m1/s1. The monoisotopic (exact) mass is 459 g/mol. The molecule has 2 heterocycles. The molecule has 180 valence electrons. The van der Waals surface area contributed by atoms with Gasteiger partial charge in [0.1, 0.15) is 5.82 Å². The summed E-state index contributed by atoms with van der Waals surface area (Å²) >= 11 is 0. The molecule has 1 fully saturated rings. The van der Waals surface area contributed by atoms with E-state index in [1.165, 1.54) is 14.4 Å². The second-order valence-corrected chi connectivity index (χ2v) is 8.63. The lowest BCUT2D eigenvalue weighted by atomic mass is 9.85. The number of aromatic nitrogens is 2. The van der Waals surface area contributed by atoms with E-state index >= 15 is 0 Å². The number of likely N-dealkylation sites (tertiary alicyclic amines) is 1. The molecular formula is C23H33N5O5. The van der Waals surface area contributed by atoms with Crippen LogP contribution in [0.4, 0.5) is 11.5 Å². The number of nitrogens with two attached hydrogens (primary N) is 1. The lowest BCUT2D eigenvalue weighted by molar-refractivity contribution is -0.140. The van der Waals surface area contributed by atoms with E-state index in [2.05, 4.69) is 4.98 Å². The predicted molar refractivity (Wildman–Crippen MR) is 125 cm³/mol. The number of nitrogen functional groups attached to an aromatic ring is 1. The van der Waals surface area contributed by atoms with Gasteiger partial charge in [-0.1, -0.05) is 38.8 Å². The highest BCUT2D eigenvalue weighted by atomic mass is 16.2. The zero-order valence-corrected chi connectivity index (χ0v) is 19.3. The summed E-state index contributed by atoms with van der Waals surface area (Å²) in [5.74, 6) is -1.66. The number of hydrogen-bond acceptors (Lipinski definition) is 6. The summed E-state index contributed by atoms with van der Waals surface area (Å²) in [5, 5.41) is 0. The first-order valence-corrected chi connectivity index (χ1v) is 11.7. The van der Waals surface area contributed by atoms with E-state index in [0.717, 1.165) is 12.8 Å². The van der Waals surface area contributed by atoms with Crippen molar-refractivity contribution in [3.05, 3.63) is 33.0 Å². The predicted octanol–water partition coefficient (Wildman–Crippen LogP) is 1.39. The molecule has 3 N–H and O–H groups in total. The smallest absolute Gasteiger partial charge is 0.330 e. The van der Waals surface area contributed by atoms with Crippen LogP contribution in [0, 0.1) is 11.8 Å². The van der Waals surface area contributed by atoms with Gasteiger partial charge in [0.05, 0.1) is 11.8 Å². The molecule has 2 aliphatic rings. The van der Waals surface area contributed by atoms with E-state index in [0.29, 0.717) is 32.2 Å². The Kier molecular flexibility index (Phi) is 7.88. The van der Waals surface area contributed by atoms with Gasteiger partial charge in [0.2, 0.25) is 17.7 Å². The second-order valence-electron chi connectivity index (χ2n) is 8.63. The highest BCUT2D eigenvalue weighted by molar-refractivity contribution is 6.06. The minimum Gasteiger partial charge on any atom is -0.383 e. The van der Waals surface area contributed by atoms with Gasteiger partial charge in [0.15, 0.2) is 5.69 Å². The van der Waals surface area contributed by atoms with Crippen molar-refractivity contribution in [2.45, 2.75) is 65.3 Å². The molecule has 3 amide bonds. The largest absolute Gasteiger partial charge is 0.383 e. The number of carbonyl (C=O) groups excluding carboxylic acids is 3. The van der Waals surface area contributed by atoms with E-state index in [1.54, 1.807) is 0 Å². The van der Waals surface area contributed by atoms with Crippen LogP contribution >= 0.6 is 0 Å². The van der Waals surface area contributed by atoms with Gasteiger partial charge in [0, 0.05) is 26.1 Å². The van der Waals surface area contributed by atoms with Crippen LogP contribution in [0.15, 0.2) is 21.7 Å². The third-order valence-corrected chi connectivity index (χ3v) is 6.40. The Balaban J connectivity index is 1.83. The van der Waals surface area contributed by atoms with Crippen LogP contribution < -0.4 is 21.9 Å². The molecule has 0 spiro atoms. The van der Waals surface area contributed by atoms with Crippen molar-refractivity contribution in [1.82, 2.24) is 14.5 Å². The summed E-state index contributed by atoms with van der Waals surface area (Å²) in [6, 6.07) is 0. The average molecular weight is 460 g/mol. The minimum absolute atomic E-state index is 0.0423. The third-order valence-electron chi connectivity index (χ3n) is 6.40. The van der Waals surface area contributed by atoms with Crippen molar-refractivity contribution >= 4 is 29.2 Å². The number of rotatable bonds is 10. The number of unbranched alkanes of at least 4 members (excludes halogenated alkanes) is 2. The quantitative estimate of drug-likeness (QED) is 0.400. The number of anilines is 2. The number of aromatic amines is 1. The molecule has 3 rings (SSSR count). The van der Waals surface area contributed by atoms with Gasteiger partial charge in [-0.05, 0) is 25.7 Å². The lowest BCUT2D eigenvalue weighted by Crippen LogP contribution is -2.43. The van der Waals surface area contributed by atoms with Crippen molar-refractivity contribution in [2.24, 2.45) is 11.8 Å². The molecule has 1 aromatic rings. The van der Waals surface area contributed by atoms with Gasteiger partial charge in [-0.25, -0.2) is 4.79 Å². The molecule has 2 atom stereocenters. The van der Waals surface area contributed by atoms with Crippen molar-refractivity contribution in [3.63, 3.8) is 0 Å². The van der Waals surface area contributed by atoms with Crippen molar-refractivity contribution < 1.29 is 14.4 Å². The average Bonchev–Trinajstić information content (AvgIpc) is 3.04. The highest BCUT2D eigenvalue weighted by Gasteiger charge is 2.47. The van der Waals surface area contributed by atoms with Crippen molar-refractivity contribution in [1.29, 1.82) is 0 Å². The summed E-state index contributed by atoms with van der Waals surface area (Å²) in [7, 11) is 0.